The first kappa shape index (κ1) is 16.4. The fourth-order valence-electron chi connectivity index (χ4n) is 2.85. The first-order valence-electron chi connectivity index (χ1n) is 8.02. The molecular formula is C18H21N3O3. The number of likely N-dealkylation sites (tertiary alicyclic amines) is 1. The van der Waals surface area contributed by atoms with E-state index >= 15 is 0 Å². The lowest BCUT2D eigenvalue weighted by Gasteiger charge is -2.38. The van der Waals surface area contributed by atoms with Crippen LogP contribution in [0.4, 0.5) is 0 Å². The van der Waals surface area contributed by atoms with Gasteiger partial charge in [-0.05, 0) is 31.9 Å². The van der Waals surface area contributed by atoms with Crippen LogP contribution in [0.2, 0.25) is 0 Å². The maximum atomic E-state index is 12.5. The van der Waals surface area contributed by atoms with Gasteiger partial charge in [0, 0.05) is 18.9 Å². The van der Waals surface area contributed by atoms with Crippen molar-refractivity contribution in [1.82, 2.24) is 14.9 Å². The third-order valence-electron chi connectivity index (χ3n) is 4.18. The van der Waals surface area contributed by atoms with Gasteiger partial charge in [-0.1, -0.05) is 17.7 Å². The van der Waals surface area contributed by atoms with Gasteiger partial charge in [-0.2, -0.15) is 0 Å². The number of aliphatic hydroxyl groups is 1. The average Bonchev–Trinajstić information content (AvgIpc) is 2.61. The van der Waals surface area contributed by atoms with Gasteiger partial charge >= 0.3 is 0 Å². The number of carbonyl (C=O) groups is 1. The molecule has 0 spiro atoms. The molecular weight excluding hydrogens is 306 g/mol. The van der Waals surface area contributed by atoms with Gasteiger partial charge in [0.2, 0.25) is 0 Å². The van der Waals surface area contributed by atoms with E-state index in [1.54, 1.807) is 4.90 Å². The molecule has 0 radical (unpaired) electrons. The van der Waals surface area contributed by atoms with Crippen molar-refractivity contribution in [2.45, 2.75) is 25.4 Å². The van der Waals surface area contributed by atoms with Crippen LogP contribution in [0, 0.1) is 6.92 Å². The summed E-state index contributed by atoms with van der Waals surface area (Å²) >= 11 is 0. The van der Waals surface area contributed by atoms with Crippen molar-refractivity contribution in [3.05, 3.63) is 54.1 Å². The number of carbonyl (C=O) groups excluding carboxylic acids is 1. The number of hydrogen-bond donors (Lipinski definition) is 1. The minimum Gasteiger partial charge on any atom is -0.491 e. The molecule has 1 aliphatic heterocycles. The summed E-state index contributed by atoms with van der Waals surface area (Å²) in [5.74, 6) is 0.554. The van der Waals surface area contributed by atoms with E-state index in [2.05, 4.69) is 9.97 Å². The standard InChI is InChI=1S/C18H21N3O3/c1-14-3-5-16(6-4-14)24-12-18(23)7-2-8-21(11-18)17(22)15-9-19-13-20-10-15/h3-6,9-10,13,23H,2,7-8,11-12H2,1H3/t18-/m1/s1. The van der Waals surface area contributed by atoms with Crippen LogP contribution in [0.15, 0.2) is 43.0 Å². The van der Waals surface area contributed by atoms with Gasteiger partial charge in [-0.15, -0.1) is 0 Å². The molecule has 0 aliphatic carbocycles. The molecule has 6 nitrogen and oxygen atoms in total. The van der Waals surface area contributed by atoms with Gasteiger partial charge in [0.1, 0.15) is 24.3 Å². The van der Waals surface area contributed by atoms with Crippen LogP contribution < -0.4 is 4.74 Å². The number of aromatic nitrogens is 2. The van der Waals surface area contributed by atoms with E-state index < -0.39 is 5.60 Å². The third-order valence-corrected chi connectivity index (χ3v) is 4.18. The number of β-amino-alcohol motifs (C(OH)–C–C–N with tert-alkyl or cyclic N) is 1. The zero-order chi connectivity index (χ0) is 17.0. The Kier molecular flexibility index (Phi) is 4.76. The lowest BCUT2D eigenvalue weighted by molar-refractivity contribution is -0.0532. The van der Waals surface area contributed by atoms with Crippen molar-refractivity contribution < 1.29 is 14.6 Å². The van der Waals surface area contributed by atoms with Gasteiger partial charge in [-0.3, -0.25) is 4.79 Å². The highest BCUT2D eigenvalue weighted by molar-refractivity contribution is 5.93. The molecule has 1 amide bonds. The molecule has 2 aromatic rings. The Labute approximate surface area is 141 Å². The van der Waals surface area contributed by atoms with Gasteiger partial charge in [0.05, 0.1) is 12.1 Å². The van der Waals surface area contributed by atoms with E-state index in [0.717, 1.165) is 12.0 Å². The van der Waals surface area contributed by atoms with Crippen LogP contribution in [0.1, 0.15) is 28.8 Å². The lowest BCUT2D eigenvalue weighted by Crippen LogP contribution is -2.53. The molecule has 3 rings (SSSR count). The molecule has 2 heterocycles. The Hall–Kier alpha value is -2.47. The van der Waals surface area contributed by atoms with Crippen molar-refractivity contribution in [1.29, 1.82) is 0 Å². The fraction of sp³-hybridized carbons (Fsp3) is 0.389. The molecule has 0 bridgehead atoms. The Morgan fingerprint density at radius 1 is 1.29 bits per heavy atom. The number of benzene rings is 1. The van der Waals surface area contributed by atoms with E-state index in [4.69, 9.17) is 4.74 Å². The molecule has 126 valence electrons. The van der Waals surface area contributed by atoms with Crippen LogP contribution in [0.5, 0.6) is 5.75 Å². The Bertz CT molecular complexity index is 690. The van der Waals surface area contributed by atoms with Gasteiger partial charge in [0.25, 0.3) is 5.91 Å². The summed E-state index contributed by atoms with van der Waals surface area (Å²) in [6, 6.07) is 7.69. The Morgan fingerprint density at radius 2 is 2.00 bits per heavy atom. The highest BCUT2D eigenvalue weighted by atomic mass is 16.5. The number of piperidine rings is 1. The first-order valence-corrected chi connectivity index (χ1v) is 8.02. The maximum absolute atomic E-state index is 12.5. The molecule has 1 aliphatic rings. The Morgan fingerprint density at radius 3 is 2.71 bits per heavy atom. The maximum Gasteiger partial charge on any atom is 0.257 e. The summed E-state index contributed by atoms with van der Waals surface area (Å²) in [5.41, 5.74) is 0.538. The smallest absolute Gasteiger partial charge is 0.257 e. The highest BCUT2D eigenvalue weighted by Gasteiger charge is 2.36. The minimum absolute atomic E-state index is 0.158. The van der Waals surface area contributed by atoms with Gasteiger partial charge in [0.15, 0.2) is 0 Å². The topological polar surface area (TPSA) is 75.6 Å². The fourth-order valence-corrected chi connectivity index (χ4v) is 2.85. The highest BCUT2D eigenvalue weighted by Crippen LogP contribution is 2.24. The molecule has 1 atom stereocenters. The van der Waals surface area contributed by atoms with Crippen LogP contribution in [0.25, 0.3) is 0 Å². The monoisotopic (exact) mass is 327 g/mol. The predicted molar refractivity (Wildman–Crippen MR) is 88.8 cm³/mol. The molecule has 0 unspecified atom stereocenters. The molecule has 1 aromatic carbocycles. The number of rotatable bonds is 4. The summed E-state index contributed by atoms with van der Waals surface area (Å²) in [4.78, 5) is 21.9. The largest absolute Gasteiger partial charge is 0.491 e. The van der Waals surface area contributed by atoms with E-state index in [1.807, 2.05) is 31.2 Å². The molecule has 6 heteroatoms. The van der Waals surface area contributed by atoms with Crippen molar-refractivity contribution >= 4 is 5.91 Å². The normalized spacial score (nSPS) is 20.7. The molecule has 0 saturated carbocycles. The number of nitrogens with zero attached hydrogens (tertiary/aromatic N) is 3. The summed E-state index contributed by atoms with van der Waals surface area (Å²) in [6.45, 7) is 3.02. The van der Waals surface area contributed by atoms with E-state index in [9.17, 15) is 9.90 Å². The number of aryl methyl sites for hydroxylation is 1. The molecule has 1 N–H and O–H groups in total. The second-order valence-corrected chi connectivity index (χ2v) is 6.28. The third kappa shape index (κ3) is 3.89. The summed E-state index contributed by atoms with van der Waals surface area (Å²) in [5, 5.41) is 10.8. The predicted octanol–water partition coefficient (Wildman–Crippen LogP) is 1.83. The number of amides is 1. The number of ether oxygens (including phenoxy) is 1. The number of hydrogen-bond acceptors (Lipinski definition) is 5. The van der Waals surface area contributed by atoms with E-state index in [1.165, 1.54) is 18.7 Å². The quantitative estimate of drug-likeness (QED) is 0.927. The van der Waals surface area contributed by atoms with Crippen LogP contribution >= 0.6 is 0 Å². The zero-order valence-electron chi connectivity index (χ0n) is 13.7. The van der Waals surface area contributed by atoms with Crippen molar-refractivity contribution in [3.63, 3.8) is 0 Å². The molecule has 1 aromatic heterocycles. The summed E-state index contributed by atoms with van der Waals surface area (Å²) in [7, 11) is 0. The second-order valence-electron chi connectivity index (χ2n) is 6.28. The summed E-state index contributed by atoms with van der Waals surface area (Å²) < 4.78 is 5.72. The van der Waals surface area contributed by atoms with Crippen molar-refractivity contribution in [2.24, 2.45) is 0 Å². The van der Waals surface area contributed by atoms with Crippen LogP contribution in [-0.4, -0.2) is 51.2 Å². The SMILES string of the molecule is Cc1ccc(OC[C@@]2(O)CCCN(C(=O)c3cncnc3)C2)cc1. The second kappa shape index (κ2) is 6.97. The first-order chi connectivity index (χ1) is 11.6. The van der Waals surface area contributed by atoms with Crippen molar-refractivity contribution in [3.8, 4) is 5.75 Å². The molecule has 24 heavy (non-hydrogen) atoms. The minimum atomic E-state index is -1.05. The van der Waals surface area contributed by atoms with Gasteiger partial charge < -0.3 is 14.7 Å². The van der Waals surface area contributed by atoms with Crippen LogP contribution in [0.3, 0.4) is 0 Å². The van der Waals surface area contributed by atoms with E-state index in [0.29, 0.717) is 24.3 Å². The van der Waals surface area contributed by atoms with Crippen LogP contribution in [-0.2, 0) is 0 Å². The summed E-state index contributed by atoms with van der Waals surface area (Å²) in [6.07, 6.45) is 5.71. The van der Waals surface area contributed by atoms with Gasteiger partial charge in [-0.25, -0.2) is 9.97 Å². The van der Waals surface area contributed by atoms with E-state index in [-0.39, 0.29) is 19.1 Å². The van der Waals surface area contributed by atoms with Crippen molar-refractivity contribution in [2.75, 3.05) is 19.7 Å². The zero-order valence-corrected chi connectivity index (χ0v) is 13.7. The molecule has 1 saturated heterocycles. The average molecular weight is 327 g/mol. The Balaban J connectivity index is 1.63. The lowest BCUT2D eigenvalue weighted by atomic mass is 9.93. The molecule has 1 fully saturated rings.